The van der Waals surface area contributed by atoms with Crippen molar-refractivity contribution < 1.29 is 37.3 Å². The number of hydrogen-bond acceptors (Lipinski definition) is 7. The van der Waals surface area contributed by atoms with Crippen molar-refractivity contribution in [3.8, 4) is 0 Å². The molecule has 0 rings (SSSR count). The normalized spacial score (nSPS) is 14.1. The highest BCUT2D eigenvalue weighted by atomic mass is 31.2. The highest BCUT2D eigenvalue weighted by Gasteiger charge is 2.27. The van der Waals surface area contributed by atoms with Crippen LogP contribution in [0.5, 0.6) is 0 Å². The molecule has 438 valence electrons. The number of rotatable bonds is 57. The third-order valence-corrected chi connectivity index (χ3v) is 14.9. The average molecular weight is 1070 g/mol. The third kappa shape index (κ3) is 56.2. The maximum Gasteiger partial charge on any atom is 0.306 e. The maximum absolute atomic E-state index is 13.5. The summed E-state index contributed by atoms with van der Waals surface area (Å²) < 4.78 is 30.3. The zero-order valence-electron chi connectivity index (χ0n) is 50.0. The van der Waals surface area contributed by atoms with E-state index in [4.69, 9.17) is 13.8 Å². The summed E-state index contributed by atoms with van der Waals surface area (Å²) in [5, 5.41) is 3.03. The van der Waals surface area contributed by atoms with E-state index in [1.54, 1.807) is 0 Å². The van der Waals surface area contributed by atoms with Crippen LogP contribution in [0.15, 0.2) is 60.8 Å². The van der Waals surface area contributed by atoms with Crippen LogP contribution in [0.25, 0.3) is 0 Å². The molecule has 0 aliphatic heterocycles. The van der Waals surface area contributed by atoms with Gasteiger partial charge in [0.05, 0.1) is 33.8 Å². The minimum absolute atomic E-state index is 0.0272. The number of quaternary nitrogens is 1. The van der Waals surface area contributed by atoms with Crippen molar-refractivity contribution in [2.24, 2.45) is 0 Å². The van der Waals surface area contributed by atoms with Gasteiger partial charge in [-0.15, -0.1) is 0 Å². The molecule has 0 aromatic rings. The SMILES string of the molecule is CCCCC/C=C\C/C=C\C/C=C\CCCCCCC(=O)OC(/C=C/CCCCCCCCCCCCC)C(COP(=O)([O-])OCC[N+](C)(C)C)NC(=O)CCCCCCCCCCC/C=C/CCCCCCCC. The van der Waals surface area contributed by atoms with Gasteiger partial charge >= 0.3 is 5.97 Å². The number of phosphoric acid groups is 1. The molecule has 3 atom stereocenters. The first-order valence-corrected chi connectivity index (χ1v) is 33.1. The number of unbranched alkanes of at least 4 members (excludes halogenated alkanes) is 33. The summed E-state index contributed by atoms with van der Waals surface area (Å²) in [6.45, 7) is 6.81. The van der Waals surface area contributed by atoms with E-state index in [1.165, 1.54) is 167 Å². The van der Waals surface area contributed by atoms with Crippen molar-refractivity contribution in [2.45, 2.75) is 303 Å². The van der Waals surface area contributed by atoms with Gasteiger partial charge in [-0.3, -0.25) is 14.2 Å². The highest BCUT2D eigenvalue weighted by molar-refractivity contribution is 7.45. The quantitative estimate of drug-likeness (QED) is 0.0212. The van der Waals surface area contributed by atoms with Crippen molar-refractivity contribution in [3.05, 3.63) is 60.8 Å². The molecule has 0 saturated heterocycles. The van der Waals surface area contributed by atoms with Crippen molar-refractivity contribution >= 4 is 19.7 Å². The number of esters is 1. The van der Waals surface area contributed by atoms with Crippen LogP contribution in [0.1, 0.15) is 290 Å². The lowest BCUT2D eigenvalue weighted by Crippen LogP contribution is -2.47. The molecule has 0 radical (unpaired) electrons. The van der Waals surface area contributed by atoms with Crippen LogP contribution in [0.3, 0.4) is 0 Å². The fraction of sp³-hybridized carbons (Fsp3) is 0.815. The monoisotopic (exact) mass is 1070 g/mol. The van der Waals surface area contributed by atoms with Gasteiger partial charge in [-0.05, 0) is 96.0 Å². The lowest BCUT2D eigenvalue weighted by molar-refractivity contribution is -0.870. The lowest BCUT2D eigenvalue weighted by atomic mass is 10.0. The Morgan fingerprint density at radius 1 is 0.467 bits per heavy atom. The molecule has 0 spiro atoms. The van der Waals surface area contributed by atoms with Crippen LogP contribution in [-0.4, -0.2) is 69.4 Å². The Balaban J connectivity index is 5.31. The van der Waals surface area contributed by atoms with E-state index in [2.05, 4.69) is 74.7 Å². The third-order valence-electron chi connectivity index (χ3n) is 13.9. The van der Waals surface area contributed by atoms with Gasteiger partial charge in [-0.25, -0.2) is 0 Å². The molecule has 0 fully saturated rings. The first-order chi connectivity index (χ1) is 36.4. The Bertz CT molecular complexity index is 1470. The molecule has 0 saturated carbocycles. The van der Waals surface area contributed by atoms with Crippen molar-refractivity contribution in [2.75, 3.05) is 40.9 Å². The maximum atomic E-state index is 13.5. The second-order valence-electron chi connectivity index (χ2n) is 22.6. The minimum atomic E-state index is -4.71. The summed E-state index contributed by atoms with van der Waals surface area (Å²) in [4.78, 5) is 40.0. The molecular formula is C65H121N2O7P. The van der Waals surface area contributed by atoms with E-state index in [0.29, 0.717) is 23.9 Å². The molecular weight excluding hydrogens is 952 g/mol. The number of amides is 1. The van der Waals surface area contributed by atoms with Crippen molar-refractivity contribution in [1.29, 1.82) is 0 Å². The van der Waals surface area contributed by atoms with Crippen LogP contribution in [0.2, 0.25) is 0 Å². The number of carbonyl (C=O) groups is 2. The van der Waals surface area contributed by atoms with E-state index >= 15 is 0 Å². The summed E-state index contributed by atoms with van der Waals surface area (Å²) in [5.41, 5.74) is 0. The number of ether oxygens (including phenoxy) is 1. The molecule has 3 unspecified atom stereocenters. The standard InChI is InChI=1S/C65H121N2O7P/c1-7-10-13-16-19-22-25-28-30-32-33-35-36-39-42-45-48-51-54-57-64(68)66-62(61-73-75(70,71)72-60-59-67(4,5)6)63(56-53-50-47-44-41-38-27-24-21-18-15-12-9-3)74-65(69)58-55-52-49-46-43-40-37-34-31-29-26-23-20-17-14-11-8-2/h20,23,28-31,37,40,53,56,62-63H,7-19,21-22,24-27,32-36,38-39,41-52,54-55,57-61H2,1-6H3,(H-,66,68,70,71)/b23-20-,30-28+,31-29-,40-37-,56-53+. The van der Waals surface area contributed by atoms with Crippen LogP contribution in [0.4, 0.5) is 0 Å². The Labute approximate surface area is 464 Å². The molecule has 0 aliphatic rings. The molecule has 75 heavy (non-hydrogen) atoms. The summed E-state index contributed by atoms with van der Waals surface area (Å²) in [5.74, 6) is -0.562. The molecule has 0 aromatic carbocycles. The molecule has 9 nitrogen and oxygen atoms in total. The van der Waals surface area contributed by atoms with Crippen LogP contribution in [-0.2, 0) is 27.9 Å². The van der Waals surface area contributed by atoms with Gasteiger partial charge in [-0.1, -0.05) is 242 Å². The Morgan fingerprint density at radius 3 is 1.25 bits per heavy atom. The van der Waals surface area contributed by atoms with Crippen molar-refractivity contribution in [1.82, 2.24) is 5.32 Å². The first kappa shape index (κ1) is 72.7. The number of hydrogen-bond donors (Lipinski definition) is 1. The topological polar surface area (TPSA) is 114 Å². The molecule has 1 amide bonds. The largest absolute Gasteiger partial charge is 0.756 e. The molecule has 10 heteroatoms. The van der Waals surface area contributed by atoms with E-state index in [0.717, 1.165) is 83.5 Å². The zero-order chi connectivity index (χ0) is 55.0. The zero-order valence-corrected chi connectivity index (χ0v) is 50.9. The van der Waals surface area contributed by atoms with E-state index < -0.39 is 26.6 Å². The number of nitrogens with zero attached hydrogens (tertiary/aromatic N) is 1. The first-order valence-electron chi connectivity index (χ1n) is 31.6. The predicted octanol–water partition coefficient (Wildman–Crippen LogP) is 18.8. The molecule has 0 bridgehead atoms. The van der Waals surface area contributed by atoms with E-state index in [1.807, 2.05) is 33.3 Å². The van der Waals surface area contributed by atoms with Gasteiger partial charge in [0.25, 0.3) is 7.82 Å². The molecule has 1 N–H and O–H groups in total. The lowest BCUT2D eigenvalue weighted by Gasteiger charge is -2.30. The highest BCUT2D eigenvalue weighted by Crippen LogP contribution is 2.38. The second kappa shape index (κ2) is 55.0. The average Bonchev–Trinajstić information content (AvgIpc) is 3.37. The predicted molar refractivity (Wildman–Crippen MR) is 321 cm³/mol. The Kier molecular flexibility index (Phi) is 53.4. The number of allylic oxidation sites excluding steroid dienone is 9. The Morgan fingerprint density at radius 2 is 0.813 bits per heavy atom. The van der Waals surface area contributed by atoms with Crippen LogP contribution < -0.4 is 10.2 Å². The number of nitrogens with one attached hydrogen (secondary N) is 1. The van der Waals surface area contributed by atoms with Gasteiger partial charge in [0, 0.05) is 12.8 Å². The minimum Gasteiger partial charge on any atom is -0.756 e. The van der Waals surface area contributed by atoms with E-state index in [9.17, 15) is 19.0 Å². The summed E-state index contributed by atoms with van der Waals surface area (Å²) in [6.07, 6.45) is 68.9. The molecule has 0 heterocycles. The number of likely N-dealkylation sites (N-methyl/N-ethyl adjacent to an activating group) is 1. The number of phosphoric ester groups is 1. The summed E-state index contributed by atoms with van der Waals surface area (Å²) in [6, 6.07) is -0.899. The van der Waals surface area contributed by atoms with Gasteiger partial charge < -0.3 is 28.5 Å². The molecule has 0 aliphatic carbocycles. The smallest absolute Gasteiger partial charge is 0.306 e. The number of carbonyl (C=O) groups excluding carboxylic acids is 2. The van der Waals surface area contributed by atoms with Crippen LogP contribution in [0, 0.1) is 0 Å². The fourth-order valence-corrected chi connectivity index (χ4v) is 9.72. The summed E-state index contributed by atoms with van der Waals surface area (Å²) in [7, 11) is 1.17. The van der Waals surface area contributed by atoms with Gasteiger partial charge in [0.15, 0.2) is 0 Å². The van der Waals surface area contributed by atoms with Gasteiger partial charge in [0.1, 0.15) is 19.3 Å². The second-order valence-corrected chi connectivity index (χ2v) is 24.0. The molecule has 0 aromatic heterocycles. The van der Waals surface area contributed by atoms with Gasteiger partial charge in [-0.2, -0.15) is 0 Å². The Hall–Kier alpha value is -2.29. The van der Waals surface area contributed by atoms with Gasteiger partial charge in [0.2, 0.25) is 5.91 Å². The van der Waals surface area contributed by atoms with Crippen molar-refractivity contribution in [3.63, 3.8) is 0 Å². The summed E-state index contributed by atoms with van der Waals surface area (Å²) >= 11 is 0. The van der Waals surface area contributed by atoms with E-state index in [-0.39, 0.29) is 24.9 Å². The fourth-order valence-electron chi connectivity index (χ4n) is 8.99. The van der Waals surface area contributed by atoms with Crippen LogP contribution >= 0.6 is 7.82 Å².